The third-order valence-corrected chi connectivity index (χ3v) is 11.4. The molecule has 2 aliphatic rings. The molecule has 0 saturated carbocycles. The Hall–Kier alpha value is -6.73. The number of methoxy groups -OCH3 is 1. The summed E-state index contributed by atoms with van der Waals surface area (Å²) in [5.74, 6) is -3.49. The minimum atomic E-state index is -4.84. The minimum absolute atomic E-state index is 0.0614. The second kappa shape index (κ2) is 20.2. The topological polar surface area (TPSA) is 261 Å². The van der Waals surface area contributed by atoms with Gasteiger partial charge in [-0.15, -0.1) is 0 Å². The van der Waals surface area contributed by atoms with Gasteiger partial charge in [-0.2, -0.15) is 8.42 Å². The van der Waals surface area contributed by atoms with Gasteiger partial charge in [-0.3, -0.25) is 34.4 Å². The number of nitrogens with one attached hydrogen (secondary N) is 2. The van der Waals surface area contributed by atoms with Gasteiger partial charge >= 0.3 is 13.1 Å². The average molecular weight is 947 g/mol. The van der Waals surface area contributed by atoms with Crippen molar-refractivity contribution in [1.82, 2.24) is 15.1 Å². The van der Waals surface area contributed by atoms with E-state index in [2.05, 4.69) is 31.8 Å². The number of benzene rings is 2. The maximum atomic E-state index is 16.4. The highest BCUT2D eigenvalue weighted by Crippen LogP contribution is 2.40. The molecule has 0 bridgehead atoms. The van der Waals surface area contributed by atoms with E-state index in [1.807, 2.05) is 0 Å². The third kappa shape index (κ3) is 12.3. The second-order valence-corrected chi connectivity index (χ2v) is 18.2. The van der Waals surface area contributed by atoms with E-state index in [0.717, 1.165) is 62.3 Å². The van der Waals surface area contributed by atoms with Crippen LogP contribution in [0.2, 0.25) is 0 Å². The van der Waals surface area contributed by atoms with Crippen LogP contribution < -0.4 is 24.8 Å². The van der Waals surface area contributed by atoms with Crippen molar-refractivity contribution in [1.29, 1.82) is 0 Å². The fourth-order valence-corrected chi connectivity index (χ4v) is 8.29. The number of halogens is 2. The van der Waals surface area contributed by atoms with Gasteiger partial charge in [0.15, 0.2) is 17.2 Å². The molecule has 0 saturated heterocycles. The Morgan fingerprint density at radius 1 is 1.00 bits per heavy atom. The molecule has 3 N–H and O–H groups in total. The molecular formula is C41H51BF2N7O14S+. The number of amides is 2. The SMILES string of the molecule is COc1cc(C(C)OC(=O)Oc2ccc([N+](=O)[O-])cc2)c([N+](=O)[O-])cc1OCCNC(=O)C(CS(=O)(=O)O)NC(=O)CCC1=[N+]2C(=Cc3c(CCC[N+](C)(C)C)cc(C)n3[B-]2(F)F)C(C)=C1. The van der Waals surface area contributed by atoms with Crippen molar-refractivity contribution in [3.63, 3.8) is 0 Å². The van der Waals surface area contributed by atoms with Crippen molar-refractivity contribution in [2.75, 3.05) is 53.7 Å². The molecule has 0 spiro atoms. The number of nitro benzene ring substituents is 2. The number of fused-ring (bicyclic) bond motifs is 2. The first-order chi connectivity index (χ1) is 30.8. The number of aromatic nitrogens is 1. The summed E-state index contributed by atoms with van der Waals surface area (Å²) in [5.41, 5.74) is 1.67. The summed E-state index contributed by atoms with van der Waals surface area (Å²) in [5, 5.41) is 27.5. The van der Waals surface area contributed by atoms with Crippen LogP contribution in [0.3, 0.4) is 0 Å². The molecule has 0 aliphatic carbocycles. The van der Waals surface area contributed by atoms with E-state index in [1.54, 1.807) is 32.1 Å². The van der Waals surface area contributed by atoms with E-state index in [4.69, 9.17) is 18.9 Å². The molecule has 2 aromatic carbocycles. The number of hydrogen-bond acceptors (Lipinski definition) is 13. The Labute approximate surface area is 378 Å². The van der Waals surface area contributed by atoms with Gasteiger partial charge in [0.05, 0.1) is 62.8 Å². The van der Waals surface area contributed by atoms with Crippen LogP contribution in [0.25, 0.3) is 6.08 Å². The summed E-state index contributed by atoms with van der Waals surface area (Å²) in [6.45, 7) is 0.363. The smallest absolute Gasteiger partial charge is 0.493 e. The zero-order valence-corrected chi connectivity index (χ0v) is 38.1. The van der Waals surface area contributed by atoms with Crippen molar-refractivity contribution in [3.8, 4) is 17.2 Å². The molecule has 2 amide bonds. The van der Waals surface area contributed by atoms with E-state index < -0.39 is 74.9 Å². The zero-order valence-electron chi connectivity index (χ0n) is 37.2. The van der Waals surface area contributed by atoms with E-state index in [0.29, 0.717) is 29.1 Å². The number of nitro groups is 2. The first-order valence-electron chi connectivity index (χ1n) is 20.5. The number of carbonyl (C=O) groups is 3. The lowest BCUT2D eigenvalue weighted by Gasteiger charge is -2.31. The summed E-state index contributed by atoms with van der Waals surface area (Å²) < 4.78 is 90.1. The van der Waals surface area contributed by atoms with Crippen LogP contribution in [0, 0.1) is 27.2 Å². The van der Waals surface area contributed by atoms with Crippen LogP contribution in [-0.4, -0.2) is 127 Å². The summed E-state index contributed by atoms with van der Waals surface area (Å²) >= 11 is 0. The summed E-state index contributed by atoms with van der Waals surface area (Å²) in [4.78, 5) is 60.3. The van der Waals surface area contributed by atoms with Crippen LogP contribution in [0.5, 0.6) is 17.2 Å². The fourth-order valence-electron chi connectivity index (χ4n) is 7.63. The Kier molecular flexibility index (Phi) is 15.4. The van der Waals surface area contributed by atoms with Crippen molar-refractivity contribution >= 4 is 58.2 Å². The maximum Gasteiger partial charge on any atom is 0.737 e. The Morgan fingerprint density at radius 2 is 1.68 bits per heavy atom. The predicted octanol–water partition coefficient (Wildman–Crippen LogP) is 4.88. The quantitative estimate of drug-likeness (QED) is 0.0188. The van der Waals surface area contributed by atoms with Crippen LogP contribution >= 0.6 is 0 Å². The van der Waals surface area contributed by atoms with Gasteiger partial charge in [0.1, 0.15) is 36.0 Å². The predicted molar refractivity (Wildman–Crippen MR) is 235 cm³/mol. The molecular weight excluding hydrogens is 895 g/mol. The number of allylic oxidation sites excluding steroid dienone is 2. The van der Waals surface area contributed by atoms with Gasteiger partial charge in [0, 0.05) is 54.8 Å². The first-order valence-corrected chi connectivity index (χ1v) is 22.1. The normalized spacial score (nSPS) is 15.1. The molecule has 3 aromatic rings. The number of non-ortho nitro benzene ring substituents is 1. The maximum absolute atomic E-state index is 16.4. The Balaban J connectivity index is 1.20. The van der Waals surface area contributed by atoms with Gasteiger partial charge in [0.25, 0.3) is 21.5 Å². The third-order valence-electron chi connectivity index (χ3n) is 10.6. The van der Waals surface area contributed by atoms with Gasteiger partial charge in [-0.25, -0.2) is 4.79 Å². The molecule has 21 nitrogen and oxygen atoms in total. The van der Waals surface area contributed by atoms with Crippen LogP contribution in [0.15, 0.2) is 59.8 Å². The number of hydrogen-bond donors (Lipinski definition) is 3. The summed E-state index contributed by atoms with van der Waals surface area (Å²) in [6.07, 6.45) is 1.50. The van der Waals surface area contributed by atoms with Crippen molar-refractivity contribution in [2.24, 2.45) is 0 Å². The number of carbonyl (C=O) groups excluding carboxylic acids is 3. The number of quaternary nitrogens is 1. The van der Waals surface area contributed by atoms with Crippen LogP contribution in [0.1, 0.15) is 61.7 Å². The highest BCUT2D eigenvalue weighted by molar-refractivity contribution is 7.85. The number of ether oxygens (including phenoxy) is 4. The fraction of sp³-hybridized carbons (Fsp3) is 0.415. The van der Waals surface area contributed by atoms with Crippen molar-refractivity contribution in [2.45, 2.75) is 58.6 Å². The first kappa shape index (κ1) is 50.3. The van der Waals surface area contributed by atoms with E-state index >= 15 is 8.63 Å². The molecule has 2 aliphatic heterocycles. The number of nitrogens with zero attached hydrogens (tertiary/aromatic N) is 5. The summed E-state index contributed by atoms with van der Waals surface area (Å²) in [7, 11) is 2.56. The Morgan fingerprint density at radius 3 is 2.29 bits per heavy atom. The van der Waals surface area contributed by atoms with Gasteiger partial charge in [0.2, 0.25) is 11.8 Å². The number of aryl methyl sites for hydroxylation is 2. The lowest BCUT2D eigenvalue weighted by molar-refractivity contribution is -0.870. The van der Waals surface area contributed by atoms with E-state index in [1.165, 1.54) is 20.1 Å². The van der Waals surface area contributed by atoms with Crippen molar-refractivity contribution < 1.29 is 73.7 Å². The molecule has 66 heavy (non-hydrogen) atoms. The molecule has 2 atom stereocenters. The lowest BCUT2D eigenvalue weighted by atomic mass is 9.89. The molecule has 1 aromatic heterocycles. The molecule has 5 rings (SSSR count). The van der Waals surface area contributed by atoms with Crippen molar-refractivity contribution in [3.05, 3.63) is 103 Å². The molecule has 0 fully saturated rings. The van der Waals surface area contributed by atoms with Gasteiger partial charge in [-0.1, -0.05) is 0 Å². The largest absolute Gasteiger partial charge is 0.737 e. The van der Waals surface area contributed by atoms with E-state index in [9.17, 15) is 47.6 Å². The molecule has 356 valence electrons. The van der Waals surface area contributed by atoms with E-state index in [-0.39, 0.29) is 53.8 Å². The summed E-state index contributed by atoms with van der Waals surface area (Å²) in [6, 6.07) is 6.60. The average Bonchev–Trinajstić information content (AvgIpc) is 3.72. The number of rotatable bonds is 21. The Bertz CT molecular complexity index is 2630. The highest BCUT2D eigenvalue weighted by Gasteiger charge is 2.53. The zero-order chi connectivity index (χ0) is 48.9. The molecule has 2 unspecified atom stereocenters. The monoisotopic (exact) mass is 946 g/mol. The molecule has 0 radical (unpaired) electrons. The highest BCUT2D eigenvalue weighted by atomic mass is 32.2. The second-order valence-electron chi connectivity index (χ2n) is 16.7. The van der Waals surface area contributed by atoms with Crippen LogP contribution in [-0.2, 0) is 30.9 Å². The minimum Gasteiger partial charge on any atom is -0.493 e. The van der Waals surface area contributed by atoms with Gasteiger partial charge in [-0.05, 0) is 62.7 Å². The molecule has 3 heterocycles. The lowest BCUT2D eigenvalue weighted by Crippen LogP contribution is -2.51. The van der Waals surface area contributed by atoms with Gasteiger partial charge < -0.3 is 51.7 Å². The standard InChI is InChI=1S/C41H50BF2N7O14S/c1-25-19-30(48-34(25)22-35-28(9-8-17-51(4,5)6)20-26(2)47(35)42(48,43)44)12-15-39(52)46-33(24-66(59,60)61)40(53)45-16-18-63-38-23-36(50(57)58)32(21-37(38)62-7)27(3)64-41(54)65-31-13-10-29(11-14-31)49(55)56/h10-11,13-14,19-23,27,33H,8-9,12,15-18,24H2,1-7H3,(H2-,45,46,52,53,59,60,61)/p+1. The van der Waals surface area contributed by atoms with Crippen LogP contribution in [0.4, 0.5) is 24.8 Å². The molecule has 25 heteroatoms.